The molecule has 18 heavy (non-hydrogen) atoms. The molecule has 0 aliphatic carbocycles. The zero-order chi connectivity index (χ0) is 13.0. The number of amides is 1. The van der Waals surface area contributed by atoms with Crippen LogP contribution in [-0.2, 0) is 0 Å². The smallest absolute Gasteiger partial charge is 0.261 e. The van der Waals surface area contributed by atoms with Gasteiger partial charge in [0.15, 0.2) is 0 Å². The summed E-state index contributed by atoms with van der Waals surface area (Å²) in [6.45, 7) is 2.57. The van der Waals surface area contributed by atoms with Crippen LogP contribution in [0.4, 0.5) is 5.69 Å². The van der Waals surface area contributed by atoms with Crippen LogP contribution >= 0.6 is 15.9 Å². The summed E-state index contributed by atoms with van der Waals surface area (Å²) in [5.74, 6) is -0.0522. The minimum atomic E-state index is -0.0522. The summed E-state index contributed by atoms with van der Waals surface area (Å²) >= 11 is 3.31. The fourth-order valence-electron chi connectivity index (χ4n) is 1.74. The Kier molecular flexibility index (Phi) is 4.10. The third-order valence-electron chi connectivity index (χ3n) is 2.62. The summed E-state index contributed by atoms with van der Waals surface area (Å²) in [6.07, 6.45) is 1.65. The maximum absolute atomic E-state index is 12.5. The molecule has 0 bridgehead atoms. The van der Waals surface area contributed by atoms with Crippen molar-refractivity contribution in [3.8, 4) is 0 Å². The van der Waals surface area contributed by atoms with Crippen LogP contribution in [0.3, 0.4) is 0 Å². The number of halogens is 1. The topological polar surface area (TPSA) is 33.2 Å². The average molecular weight is 305 g/mol. The maximum Gasteiger partial charge on any atom is 0.261 e. The number of aromatic nitrogens is 1. The van der Waals surface area contributed by atoms with Gasteiger partial charge < -0.3 is 4.90 Å². The van der Waals surface area contributed by atoms with Crippen molar-refractivity contribution < 1.29 is 4.79 Å². The summed E-state index contributed by atoms with van der Waals surface area (Å²) in [5.41, 5.74) is 1.46. The normalized spacial score (nSPS) is 10.1. The Labute approximate surface area is 115 Å². The predicted molar refractivity (Wildman–Crippen MR) is 75.7 cm³/mol. The molecule has 0 atom stereocenters. The lowest BCUT2D eigenvalue weighted by molar-refractivity contribution is 0.0987. The Balaban J connectivity index is 2.35. The highest BCUT2D eigenvalue weighted by molar-refractivity contribution is 9.10. The van der Waals surface area contributed by atoms with Gasteiger partial charge in [0, 0.05) is 18.4 Å². The van der Waals surface area contributed by atoms with Crippen molar-refractivity contribution in [2.45, 2.75) is 6.92 Å². The number of carbonyl (C=O) groups is 1. The molecule has 1 heterocycles. The molecule has 0 N–H and O–H groups in total. The van der Waals surface area contributed by atoms with Crippen molar-refractivity contribution in [1.82, 2.24) is 4.98 Å². The van der Waals surface area contributed by atoms with Gasteiger partial charge in [-0.05, 0) is 47.1 Å². The Bertz CT molecular complexity index is 543. The average Bonchev–Trinajstić information content (AvgIpc) is 2.41. The van der Waals surface area contributed by atoms with Gasteiger partial charge in [-0.1, -0.05) is 18.2 Å². The van der Waals surface area contributed by atoms with Gasteiger partial charge in [0.25, 0.3) is 5.91 Å². The molecule has 1 amide bonds. The second-order valence-corrected chi connectivity index (χ2v) is 4.48. The first-order valence-electron chi connectivity index (χ1n) is 5.71. The van der Waals surface area contributed by atoms with Crippen molar-refractivity contribution >= 4 is 27.5 Å². The van der Waals surface area contributed by atoms with E-state index in [4.69, 9.17) is 0 Å². The lowest BCUT2D eigenvalue weighted by Crippen LogP contribution is -2.30. The summed E-state index contributed by atoms with van der Waals surface area (Å²) in [5, 5.41) is 0. The highest BCUT2D eigenvalue weighted by Gasteiger charge is 2.18. The van der Waals surface area contributed by atoms with Crippen LogP contribution in [0, 0.1) is 0 Å². The van der Waals surface area contributed by atoms with E-state index in [9.17, 15) is 4.79 Å². The summed E-state index contributed by atoms with van der Waals surface area (Å²) in [4.78, 5) is 18.3. The molecule has 2 rings (SSSR count). The molecule has 0 unspecified atom stereocenters. The lowest BCUT2D eigenvalue weighted by atomic mass is 10.2. The maximum atomic E-state index is 12.5. The number of nitrogens with zero attached hydrogens (tertiary/aromatic N) is 2. The van der Waals surface area contributed by atoms with E-state index >= 15 is 0 Å². The standard InChI is InChI=1S/C14H13BrN2O/c1-2-17(11-7-4-3-5-8-11)14(18)12-9-6-10-16-13(12)15/h3-10H,2H2,1H3. The van der Waals surface area contributed by atoms with E-state index in [1.54, 1.807) is 23.2 Å². The highest BCUT2D eigenvalue weighted by atomic mass is 79.9. The SMILES string of the molecule is CCN(C(=O)c1cccnc1Br)c1ccccc1. The van der Waals surface area contributed by atoms with Crippen LogP contribution < -0.4 is 4.90 Å². The van der Waals surface area contributed by atoms with Crippen LogP contribution in [0.5, 0.6) is 0 Å². The summed E-state index contributed by atoms with van der Waals surface area (Å²) in [6, 6.07) is 13.1. The van der Waals surface area contributed by atoms with Crippen LogP contribution in [0.25, 0.3) is 0 Å². The molecule has 0 fully saturated rings. The second-order valence-electron chi connectivity index (χ2n) is 3.73. The van der Waals surface area contributed by atoms with Crippen molar-refractivity contribution in [3.05, 3.63) is 58.8 Å². The fourth-order valence-corrected chi connectivity index (χ4v) is 2.16. The molecule has 0 radical (unpaired) electrons. The van der Waals surface area contributed by atoms with E-state index in [1.807, 2.05) is 37.3 Å². The van der Waals surface area contributed by atoms with E-state index in [0.717, 1.165) is 5.69 Å². The number of carbonyl (C=O) groups excluding carboxylic acids is 1. The molecule has 0 spiro atoms. The minimum absolute atomic E-state index is 0.0522. The molecular formula is C14H13BrN2O. The fraction of sp³-hybridized carbons (Fsp3) is 0.143. The zero-order valence-corrected chi connectivity index (χ0v) is 11.6. The number of pyridine rings is 1. The largest absolute Gasteiger partial charge is 0.309 e. The molecule has 2 aromatic rings. The molecule has 1 aromatic heterocycles. The number of benzene rings is 1. The predicted octanol–water partition coefficient (Wildman–Crippen LogP) is 3.51. The van der Waals surface area contributed by atoms with Crippen LogP contribution in [0.1, 0.15) is 17.3 Å². The van der Waals surface area contributed by atoms with E-state index in [1.165, 1.54) is 0 Å². The molecule has 0 saturated heterocycles. The third-order valence-corrected chi connectivity index (χ3v) is 3.25. The first kappa shape index (κ1) is 12.8. The van der Waals surface area contributed by atoms with Crippen molar-refractivity contribution in [2.24, 2.45) is 0 Å². The number of hydrogen-bond donors (Lipinski definition) is 0. The number of para-hydroxylation sites is 1. The number of rotatable bonds is 3. The van der Waals surface area contributed by atoms with Gasteiger partial charge in [0.05, 0.1) is 5.56 Å². The first-order chi connectivity index (χ1) is 8.74. The number of hydrogen-bond acceptors (Lipinski definition) is 2. The minimum Gasteiger partial charge on any atom is -0.309 e. The lowest BCUT2D eigenvalue weighted by Gasteiger charge is -2.21. The molecular weight excluding hydrogens is 292 g/mol. The second kappa shape index (κ2) is 5.78. The Morgan fingerprint density at radius 1 is 1.22 bits per heavy atom. The Morgan fingerprint density at radius 2 is 1.94 bits per heavy atom. The molecule has 3 nitrogen and oxygen atoms in total. The summed E-state index contributed by atoms with van der Waals surface area (Å²) in [7, 11) is 0. The van der Waals surface area contributed by atoms with E-state index in [2.05, 4.69) is 20.9 Å². The van der Waals surface area contributed by atoms with Gasteiger partial charge in [-0.25, -0.2) is 4.98 Å². The van der Waals surface area contributed by atoms with Gasteiger partial charge in [0.1, 0.15) is 4.60 Å². The van der Waals surface area contributed by atoms with Crippen LogP contribution in [-0.4, -0.2) is 17.4 Å². The Morgan fingerprint density at radius 3 is 2.56 bits per heavy atom. The van der Waals surface area contributed by atoms with Crippen LogP contribution in [0.2, 0.25) is 0 Å². The van der Waals surface area contributed by atoms with Gasteiger partial charge >= 0.3 is 0 Å². The molecule has 0 aliphatic rings. The third kappa shape index (κ3) is 2.59. The molecule has 0 saturated carbocycles. The monoisotopic (exact) mass is 304 g/mol. The van der Waals surface area contributed by atoms with Crippen molar-refractivity contribution in [2.75, 3.05) is 11.4 Å². The Hall–Kier alpha value is -1.68. The highest BCUT2D eigenvalue weighted by Crippen LogP contribution is 2.20. The summed E-state index contributed by atoms with van der Waals surface area (Å²) < 4.78 is 0.574. The van der Waals surface area contributed by atoms with Crippen molar-refractivity contribution in [1.29, 1.82) is 0 Å². The quantitative estimate of drug-likeness (QED) is 0.813. The molecule has 0 aliphatic heterocycles. The van der Waals surface area contributed by atoms with Gasteiger partial charge in [0.2, 0.25) is 0 Å². The molecule has 1 aromatic carbocycles. The van der Waals surface area contributed by atoms with Gasteiger partial charge in [-0.15, -0.1) is 0 Å². The first-order valence-corrected chi connectivity index (χ1v) is 6.50. The van der Waals surface area contributed by atoms with Gasteiger partial charge in [-0.3, -0.25) is 4.79 Å². The van der Waals surface area contributed by atoms with Gasteiger partial charge in [-0.2, -0.15) is 0 Å². The zero-order valence-electron chi connectivity index (χ0n) is 10.0. The van der Waals surface area contributed by atoms with Crippen molar-refractivity contribution in [3.63, 3.8) is 0 Å². The molecule has 4 heteroatoms. The molecule has 92 valence electrons. The van der Waals surface area contributed by atoms with E-state index < -0.39 is 0 Å². The van der Waals surface area contributed by atoms with E-state index in [0.29, 0.717) is 16.7 Å². The van der Waals surface area contributed by atoms with E-state index in [-0.39, 0.29) is 5.91 Å². The number of anilines is 1. The van der Waals surface area contributed by atoms with Crippen LogP contribution in [0.15, 0.2) is 53.3 Å².